The highest BCUT2D eigenvalue weighted by atomic mass is 16.4. The van der Waals surface area contributed by atoms with Crippen LogP contribution < -0.4 is 11.1 Å². The molecule has 1 aromatic rings. The number of hydrogen-bond acceptors (Lipinski definition) is 5. The summed E-state index contributed by atoms with van der Waals surface area (Å²) in [6.45, 7) is 0.128. The largest absolute Gasteiger partial charge is 0.480 e. The Kier molecular flexibility index (Phi) is 5.10. The van der Waals surface area contributed by atoms with Crippen LogP contribution in [0.15, 0.2) is 12.5 Å². The number of nitrogens with zero attached hydrogens (tertiary/aromatic N) is 2. The van der Waals surface area contributed by atoms with E-state index in [9.17, 15) is 19.5 Å². The zero-order chi connectivity index (χ0) is 16.1. The summed E-state index contributed by atoms with van der Waals surface area (Å²) in [5, 5.41) is 11.7. The lowest BCUT2D eigenvalue weighted by molar-refractivity contribution is -0.149. The van der Waals surface area contributed by atoms with Crippen molar-refractivity contribution in [3.05, 3.63) is 18.2 Å². The SMILES string of the molecule is NCC(=O)N[C@@H](Cc1cnc[nH]1)C(=O)N1CCC[C@H]1C(=O)O. The van der Waals surface area contributed by atoms with E-state index in [-0.39, 0.29) is 13.0 Å². The third-order valence-electron chi connectivity index (χ3n) is 3.62. The number of hydrogen-bond donors (Lipinski definition) is 4. The summed E-state index contributed by atoms with van der Waals surface area (Å²) in [6, 6.07) is -1.71. The number of carboxylic acids is 1. The minimum Gasteiger partial charge on any atom is -0.480 e. The van der Waals surface area contributed by atoms with Crippen molar-refractivity contribution in [2.45, 2.75) is 31.3 Å². The Bertz CT molecular complexity index is 545. The van der Waals surface area contributed by atoms with Crippen LogP contribution in [0.25, 0.3) is 0 Å². The molecule has 2 amide bonds. The number of carbonyl (C=O) groups excluding carboxylic acids is 2. The van der Waals surface area contributed by atoms with Gasteiger partial charge in [0.1, 0.15) is 12.1 Å². The van der Waals surface area contributed by atoms with Gasteiger partial charge in [0.15, 0.2) is 0 Å². The topological polar surface area (TPSA) is 141 Å². The molecule has 0 aromatic carbocycles. The molecule has 2 atom stereocenters. The van der Waals surface area contributed by atoms with Gasteiger partial charge in [0.05, 0.1) is 12.9 Å². The fourth-order valence-electron chi connectivity index (χ4n) is 2.56. The van der Waals surface area contributed by atoms with Crippen LogP contribution in [-0.4, -0.2) is 62.9 Å². The highest BCUT2D eigenvalue weighted by molar-refractivity contribution is 5.91. The Labute approximate surface area is 126 Å². The zero-order valence-corrected chi connectivity index (χ0v) is 12.0. The fraction of sp³-hybridized carbons (Fsp3) is 0.538. The first-order valence-corrected chi connectivity index (χ1v) is 7.03. The number of aliphatic carboxylic acids is 1. The molecule has 120 valence electrons. The number of aromatic amines is 1. The first-order valence-electron chi connectivity index (χ1n) is 7.03. The Morgan fingerprint density at radius 3 is 2.91 bits per heavy atom. The van der Waals surface area contributed by atoms with Crippen molar-refractivity contribution in [1.82, 2.24) is 20.2 Å². The van der Waals surface area contributed by atoms with Crippen LogP contribution in [0.5, 0.6) is 0 Å². The molecule has 0 unspecified atom stereocenters. The normalized spacial score (nSPS) is 19.0. The van der Waals surface area contributed by atoms with Gasteiger partial charge in [-0.1, -0.05) is 0 Å². The number of aromatic nitrogens is 2. The van der Waals surface area contributed by atoms with Crippen LogP contribution in [0.4, 0.5) is 0 Å². The number of nitrogens with two attached hydrogens (primary N) is 1. The maximum absolute atomic E-state index is 12.6. The van der Waals surface area contributed by atoms with E-state index in [1.165, 1.54) is 11.2 Å². The molecule has 0 spiro atoms. The highest BCUT2D eigenvalue weighted by Crippen LogP contribution is 2.19. The summed E-state index contributed by atoms with van der Waals surface area (Å²) in [6.07, 6.45) is 4.27. The Morgan fingerprint density at radius 1 is 1.55 bits per heavy atom. The Hall–Kier alpha value is -2.42. The van der Waals surface area contributed by atoms with Crippen LogP contribution in [0.2, 0.25) is 0 Å². The van der Waals surface area contributed by atoms with Crippen LogP contribution in [0.3, 0.4) is 0 Å². The van der Waals surface area contributed by atoms with E-state index in [1.54, 1.807) is 6.20 Å². The quantitative estimate of drug-likeness (QED) is 0.502. The van der Waals surface area contributed by atoms with Gasteiger partial charge in [0.25, 0.3) is 0 Å². The molecule has 5 N–H and O–H groups in total. The molecule has 9 nitrogen and oxygen atoms in total. The monoisotopic (exact) mass is 309 g/mol. The number of nitrogens with one attached hydrogen (secondary N) is 2. The molecule has 1 aliphatic heterocycles. The van der Waals surface area contributed by atoms with Gasteiger partial charge in [0.2, 0.25) is 11.8 Å². The van der Waals surface area contributed by atoms with Crippen LogP contribution >= 0.6 is 0 Å². The van der Waals surface area contributed by atoms with Crippen LogP contribution in [-0.2, 0) is 20.8 Å². The first-order chi connectivity index (χ1) is 10.5. The number of H-pyrrole nitrogens is 1. The Morgan fingerprint density at radius 2 is 2.32 bits per heavy atom. The third kappa shape index (κ3) is 3.61. The van der Waals surface area contributed by atoms with Gasteiger partial charge in [0, 0.05) is 24.9 Å². The minimum absolute atomic E-state index is 0.202. The summed E-state index contributed by atoms with van der Waals surface area (Å²) in [7, 11) is 0. The van der Waals surface area contributed by atoms with Gasteiger partial charge in [-0.25, -0.2) is 9.78 Å². The molecule has 2 rings (SSSR count). The zero-order valence-electron chi connectivity index (χ0n) is 12.0. The van der Waals surface area contributed by atoms with Crippen molar-refractivity contribution < 1.29 is 19.5 Å². The summed E-state index contributed by atoms with van der Waals surface area (Å²) >= 11 is 0. The predicted molar refractivity (Wildman–Crippen MR) is 75.6 cm³/mol. The second-order valence-corrected chi connectivity index (χ2v) is 5.13. The lowest BCUT2D eigenvalue weighted by Gasteiger charge is -2.27. The number of carbonyl (C=O) groups is 3. The first kappa shape index (κ1) is 16.0. The van der Waals surface area contributed by atoms with Gasteiger partial charge < -0.3 is 26.0 Å². The maximum Gasteiger partial charge on any atom is 0.326 e. The molecule has 2 heterocycles. The second kappa shape index (κ2) is 7.03. The van der Waals surface area contributed by atoms with Gasteiger partial charge in [-0.2, -0.15) is 0 Å². The van der Waals surface area contributed by atoms with E-state index >= 15 is 0 Å². The molecule has 1 aromatic heterocycles. The predicted octanol–water partition coefficient (Wildman–Crippen LogP) is -1.53. The number of amides is 2. The molecule has 22 heavy (non-hydrogen) atoms. The lowest BCUT2D eigenvalue weighted by atomic mass is 10.1. The molecule has 0 saturated carbocycles. The fourth-order valence-corrected chi connectivity index (χ4v) is 2.56. The molecule has 1 aliphatic rings. The average Bonchev–Trinajstić information content (AvgIpc) is 3.16. The van der Waals surface area contributed by atoms with Gasteiger partial charge in [-0.15, -0.1) is 0 Å². The van der Waals surface area contributed by atoms with E-state index < -0.39 is 29.9 Å². The van der Waals surface area contributed by atoms with Crippen molar-refractivity contribution in [3.63, 3.8) is 0 Å². The highest BCUT2D eigenvalue weighted by Gasteiger charge is 2.37. The minimum atomic E-state index is -1.03. The molecule has 1 saturated heterocycles. The lowest BCUT2D eigenvalue weighted by Crippen LogP contribution is -2.53. The Balaban J connectivity index is 2.14. The van der Waals surface area contributed by atoms with E-state index in [4.69, 9.17) is 5.73 Å². The van der Waals surface area contributed by atoms with E-state index in [1.807, 2.05) is 0 Å². The number of carboxylic acid groups (broad SMARTS) is 1. The number of rotatable bonds is 6. The van der Waals surface area contributed by atoms with E-state index in [2.05, 4.69) is 15.3 Å². The second-order valence-electron chi connectivity index (χ2n) is 5.13. The maximum atomic E-state index is 12.6. The molecule has 1 fully saturated rings. The molecule has 0 aliphatic carbocycles. The molecule has 9 heteroatoms. The molecule has 0 radical (unpaired) electrons. The average molecular weight is 309 g/mol. The van der Waals surface area contributed by atoms with Crippen molar-refractivity contribution >= 4 is 17.8 Å². The summed E-state index contributed by atoms with van der Waals surface area (Å²) < 4.78 is 0. The van der Waals surface area contributed by atoms with Crippen molar-refractivity contribution in [2.24, 2.45) is 5.73 Å². The van der Waals surface area contributed by atoms with Crippen molar-refractivity contribution in [1.29, 1.82) is 0 Å². The molecular weight excluding hydrogens is 290 g/mol. The smallest absolute Gasteiger partial charge is 0.326 e. The third-order valence-corrected chi connectivity index (χ3v) is 3.62. The van der Waals surface area contributed by atoms with Crippen LogP contribution in [0, 0.1) is 0 Å². The number of likely N-dealkylation sites (tertiary alicyclic amines) is 1. The van der Waals surface area contributed by atoms with Gasteiger partial charge in [-0.3, -0.25) is 9.59 Å². The van der Waals surface area contributed by atoms with Crippen LogP contribution in [0.1, 0.15) is 18.5 Å². The summed E-state index contributed by atoms with van der Waals surface area (Å²) in [4.78, 5) is 43.4. The summed E-state index contributed by atoms with van der Waals surface area (Å²) in [5.41, 5.74) is 5.94. The molecule has 0 bridgehead atoms. The summed E-state index contributed by atoms with van der Waals surface area (Å²) in [5.74, 6) is -1.92. The van der Waals surface area contributed by atoms with Gasteiger partial charge in [-0.05, 0) is 12.8 Å². The standard InChI is InChI=1S/C13H19N5O4/c14-5-11(19)17-9(4-8-6-15-7-16-8)12(20)18-3-1-2-10(18)13(21)22/h6-7,9-10H,1-5,14H2,(H,15,16)(H,17,19)(H,21,22)/t9-,10-/m0/s1. The van der Waals surface area contributed by atoms with Crippen molar-refractivity contribution in [2.75, 3.05) is 13.1 Å². The number of imidazole rings is 1. The van der Waals surface area contributed by atoms with Crippen molar-refractivity contribution in [3.8, 4) is 0 Å². The van der Waals surface area contributed by atoms with E-state index in [0.29, 0.717) is 25.1 Å². The molecular formula is C13H19N5O4. The van der Waals surface area contributed by atoms with E-state index in [0.717, 1.165) is 0 Å². The van der Waals surface area contributed by atoms with Gasteiger partial charge >= 0.3 is 5.97 Å².